The van der Waals surface area contributed by atoms with Crippen LogP contribution in [-0.2, 0) is 6.42 Å². The molecule has 0 bridgehead atoms. The lowest BCUT2D eigenvalue weighted by Crippen LogP contribution is -2.10. The Balaban J connectivity index is 2.75. The van der Waals surface area contributed by atoms with Gasteiger partial charge in [-0.05, 0) is 24.1 Å². The van der Waals surface area contributed by atoms with Crippen molar-refractivity contribution in [2.24, 2.45) is 0 Å². The Kier molecular flexibility index (Phi) is 4.73. The van der Waals surface area contributed by atoms with E-state index in [9.17, 15) is 5.11 Å². The molecular formula is C11H14Cl2O. The molecule has 0 saturated carbocycles. The third-order valence-electron chi connectivity index (χ3n) is 2.12. The van der Waals surface area contributed by atoms with Crippen LogP contribution in [0.4, 0.5) is 0 Å². The maximum Gasteiger partial charge on any atom is 0.0581 e. The van der Waals surface area contributed by atoms with E-state index in [1.165, 1.54) is 0 Å². The largest absolute Gasteiger partial charge is 0.393 e. The molecule has 0 amide bonds. The quantitative estimate of drug-likeness (QED) is 0.840. The van der Waals surface area contributed by atoms with Gasteiger partial charge < -0.3 is 5.11 Å². The zero-order valence-corrected chi connectivity index (χ0v) is 9.65. The van der Waals surface area contributed by atoms with E-state index >= 15 is 0 Å². The van der Waals surface area contributed by atoms with Gasteiger partial charge in [0.15, 0.2) is 0 Å². The molecule has 1 N–H and O–H groups in total. The lowest BCUT2D eigenvalue weighted by atomic mass is 10.0. The van der Waals surface area contributed by atoms with Crippen molar-refractivity contribution >= 4 is 23.2 Å². The SMILES string of the molecule is CCCC(O)Cc1c(Cl)cccc1Cl. The molecule has 0 radical (unpaired) electrons. The summed E-state index contributed by atoms with van der Waals surface area (Å²) in [6, 6.07) is 5.39. The zero-order chi connectivity index (χ0) is 10.6. The summed E-state index contributed by atoms with van der Waals surface area (Å²) in [6.45, 7) is 2.04. The van der Waals surface area contributed by atoms with Crippen molar-refractivity contribution in [3.05, 3.63) is 33.8 Å². The fraction of sp³-hybridized carbons (Fsp3) is 0.455. The molecule has 3 heteroatoms. The fourth-order valence-electron chi connectivity index (χ4n) is 1.40. The van der Waals surface area contributed by atoms with Crippen molar-refractivity contribution in [2.45, 2.75) is 32.3 Å². The Bertz CT molecular complexity index is 279. The predicted molar refractivity (Wildman–Crippen MR) is 61.1 cm³/mol. The van der Waals surface area contributed by atoms with Crippen LogP contribution < -0.4 is 0 Å². The molecule has 0 saturated heterocycles. The van der Waals surface area contributed by atoms with Crippen molar-refractivity contribution in [1.82, 2.24) is 0 Å². The van der Waals surface area contributed by atoms with E-state index in [-0.39, 0.29) is 6.10 Å². The minimum Gasteiger partial charge on any atom is -0.393 e. The smallest absolute Gasteiger partial charge is 0.0581 e. The van der Waals surface area contributed by atoms with Crippen molar-refractivity contribution < 1.29 is 5.11 Å². The minimum absolute atomic E-state index is 0.350. The second kappa shape index (κ2) is 5.59. The first kappa shape index (κ1) is 11.8. The lowest BCUT2D eigenvalue weighted by Gasteiger charge is -2.11. The lowest BCUT2D eigenvalue weighted by molar-refractivity contribution is 0.164. The molecular weight excluding hydrogens is 219 g/mol. The topological polar surface area (TPSA) is 20.2 Å². The molecule has 0 fully saturated rings. The second-order valence-electron chi connectivity index (χ2n) is 3.35. The molecule has 0 aliphatic carbocycles. The second-order valence-corrected chi connectivity index (χ2v) is 4.16. The van der Waals surface area contributed by atoms with Crippen LogP contribution >= 0.6 is 23.2 Å². The van der Waals surface area contributed by atoms with Gasteiger partial charge in [-0.3, -0.25) is 0 Å². The standard InChI is InChI=1S/C11H14Cl2O/c1-2-4-8(14)7-9-10(12)5-3-6-11(9)13/h3,5-6,8,14H,2,4,7H2,1H3. The molecule has 0 aliphatic rings. The van der Waals surface area contributed by atoms with Crippen LogP contribution in [0.5, 0.6) is 0 Å². The number of hydrogen-bond acceptors (Lipinski definition) is 1. The number of aliphatic hydroxyl groups excluding tert-OH is 1. The molecule has 78 valence electrons. The molecule has 0 aliphatic heterocycles. The summed E-state index contributed by atoms with van der Waals surface area (Å²) >= 11 is 12.0. The Morgan fingerprint density at radius 2 is 1.86 bits per heavy atom. The summed E-state index contributed by atoms with van der Waals surface area (Å²) < 4.78 is 0. The molecule has 1 aromatic rings. The van der Waals surface area contributed by atoms with Crippen LogP contribution in [0, 0.1) is 0 Å². The van der Waals surface area contributed by atoms with Gasteiger partial charge in [-0.2, -0.15) is 0 Å². The van der Waals surface area contributed by atoms with Crippen LogP contribution in [0.2, 0.25) is 10.0 Å². The van der Waals surface area contributed by atoms with Crippen LogP contribution in [-0.4, -0.2) is 11.2 Å². The molecule has 1 unspecified atom stereocenters. The highest BCUT2D eigenvalue weighted by molar-refractivity contribution is 6.35. The van der Waals surface area contributed by atoms with Crippen LogP contribution in [0.15, 0.2) is 18.2 Å². The number of aliphatic hydroxyl groups is 1. The van der Waals surface area contributed by atoms with Gasteiger partial charge in [-0.25, -0.2) is 0 Å². The summed E-state index contributed by atoms with van der Waals surface area (Å²) in [7, 11) is 0. The maximum atomic E-state index is 9.63. The van der Waals surface area contributed by atoms with Gasteiger partial charge in [0.2, 0.25) is 0 Å². The Hall–Kier alpha value is -0.240. The van der Waals surface area contributed by atoms with Crippen LogP contribution in [0.3, 0.4) is 0 Å². The van der Waals surface area contributed by atoms with Gasteiger partial charge in [0.25, 0.3) is 0 Å². The van der Waals surface area contributed by atoms with Crippen LogP contribution in [0.25, 0.3) is 0 Å². The summed E-state index contributed by atoms with van der Waals surface area (Å²) in [5.74, 6) is 0. The van der Waals surface area contributed by atoms with E-state index in [2.05, 4.69) is 0 Å². The average molecular weight is 233 g/mol. The monoisotopic (exact) mass is 232 g/mol. The van der Waals surface area contributed by atoms with E-state index in [4.69, 9.17) is 23.2 Å². The van der Waals surface area contributed by atoms with Crippen molar-refractivity contribution in [3.63, 3.8) is 0 Å². The van der Waals surface area contributed by atoms with Gasteiger partial charge in [-0.1, -0.05) is 42.6 Å². The molecule has 0 heterocycles. The van der Waals surface area contributed by atoms with Crippen LogP contribution in [0.1, 0.15) is 25.3 Å². The first-order valence-electron chi connectivity index (χ1n) is 4.76. The van der Waals surface area contributed by atoms with E-state index in [1.54, 1.807) is 18.2 Å². The first-order valence-corrected chi connectivity index (χ1v) is 5.51. The number of halogens is 2. The third-order valence-corrected chi connectivity index (χ3v) is 2.83. The van der Waals surface area contributed by atoms with Crippen molar-refractivity contribution in [2.75, 3.05) is 0 Å². The molecule has 1 atom stereocenters. The fourth-order valence-corrected chi connectivity index (χ4v) is 1.95. The molecule has 1 nitrogen and oxygen atoms in total. The predicted octanol–water partition coefficient (Wildman–Crippen LogP) is 3.70. The molecule has 0 aromatic heterocycles. The Labute approximate surface area is 94.7 Å². The van der Waals surface area contributed by atoms with Gasteiger partial charge in [0, 0.05) is 16.5 Å². The summed E-state index contributed by atoms with van der Waals surface area (Å²) in [5, 5.41) is 10.9. The van der Waals surface area contributed by atoms with Gasteiger partial charge in [0.05, 0.1) is 6.10 Å². The third kappa shape index (κ3) is 3.16. The Morgan fingerprint density at radius 3 is 2.36 bits per heavy atom. The van der Waals surface area contributed by atoms with E-state index in [0.29, 0.717) is 16.5 Å². The zero-order valence-electron chi connectivity index (χ0n) is 8.13. The first-order chi connectivity index (χ1) is 6.65. The summed E-state index contributed by atoms with van der Waals surface area (Å²) in [4.78, 5) is 0. The van der Waals surface area contributed by atoms with Gasteiger partial charge in [0.1, 0.15) is 0 Å². The molecule has 0 spiro atoms. The van der Waals surface area contributed by atoms with E-state index in [1.807, 2.05) is 6.92 Å². The number of benzene rings is 1. The van der Waals surface area contributed by atoms with Crippen molar-refractivity contribution in [3.8, 4) is 0 Å². The maximum absolute atomic E-state index is 9.63. The highest BCUT2D eigenvalue weighted by atomic mass is 35.5. The molecule has 1 rings (SSSR count). The molecule has 1 aromatic carbocycles. The van der Waals surface area contributed by atoms with Gasteiger partial charge >= 0.3 is 0 Å². The van der Waals surface area contributed by atoms with E-state index in [0.717, 1.165) is 18.4 Å². The highest BCUT2D eigenvalue weighted by Gasteiger charge is 2.10. The average Bonchev–Trinajstić information content (AvgIpc) is 2.12. The number of hydrogen-bond donors (Lipinski definition) is 1. The minimum atomic E-state index is -0.350. The Morgan fingerprint density at radius 1 is 1.29 bits per heavy atom. The molecule has 14 heavy (non-hydrogen) atoms. The normalized spacial score (nSPS) is 12.9. The summed E-state index contributed by atoms with van der Waals surface area (Å²) in [6.07, 6.45) is 1.93. The number of rotatable bonds is 4. The highest BCUT2D eigenvalue weighted by Crippen LogP contribution is 2.26. The van der Waals surface area contributed by atoms with Crippen molar-refractivity contribution in [1.29, 1.82) is 0 Å². The van der Waals surface area contributed by atoms with E-state index < -0.39 is 0 Å². The van der Waals surface area contributed by atoms with Gasteiger partial charge in [-0.15, -0.1) is 0 Å². The summed E-state index contributed by atoms with van der Waals surface area (Å²) in [5.41, 5.74) is 0.844.